The van der Waals surface area contributed by atoms with Crippen molar-refractivity contribution in [1.82, 2.24) is 19.5 Å². The van der Waals surface area contributed by atoms with Crippen molar-refractivity contribution in [1.29, 1.82) is 0 Å². The van der Waals surface area contributed by atoms with Gasteiger partial charge in [-0.05, 0) is 39.6 Å². The van der Waals surface area contributed by atoms with Gasteiger partial charge in [-0.1, -0.05) is 6.08 Å². The van der Waals surface area contributed by atoms with E-state index in [-0.39, 0.29) is 24.2 Å². The molecule has 0 spiro atoms. The molecule has 26 heavy (non-hydrogen) atoms. The van der Waals surface area contributed by atoms with Gasteiger partial charge in [-0.15, -0.1) is 0 Å². The zero-order chi connectivity index (χ0) is 18.5. The molecule has 8 heteroatoms. The number of hydrogen-bond acceptors (Lipinski definition) is 5. The Morgan fingerprint density at radius 3 is 2.58 bits per heavy atom. The van der Waals surface area contributed by atoms with Gasteiger partial charge in [-0.3, -0.25) is 9.78 Å². The molecule has 2 aromatic rings. The average molecular weight is 354 g/mol. The number of carbonyl (C=O) groups is 1. The van der Waals surface area contributed by atoms with E-state index in [4.69, 9.17) is 9.31 Å². The summed E-state index contributed by atoms with van der Waals surface area (Å²) in [5, 5.41) is 4.22. The van der Waals surface area contributed by atoms with Crippen LogP contribution in [-0.2, 0) is 9.31 Å². The Bertz CT molecular complexity index is 873. The highest BCUT2D eigenvalue weighted by Gasteiger charge is 2.52. The number of fused-ring (bicyclic) bond motifs is 1. The second-order valence-corrected chi connectivity index (χ2v) is 7.83. The summed E-state index contributed by atoms with van der Waals surface area (Å²) in [7, 11) is -0.335. The fourth-order valence-electron chi connectivity index (χ4n) is 3.25. The monoisotopic (exact) mass is 354 g/mol. The predicted molar refractivity (Wildman–Crippen MR) is 97.7 cm³/mol. The lowest BCUT2D eigenvalue weighted by atomic mass is 9.74. The fourth-order valence-corrected chi connectivity index (χ4v) is 3.25. The van der Waals surface area contributed by atoms with Crippen molar-refractivity contribution in [2.75, 3.05) is 13.1 Å². The van der Waals surface area contributed by atoms with E-state index >= 15 is 0 Å². The van der Waals surface area contributed by atoms with Crippen LogP contribution in [0.1, 0.15) is 44.5 Å². The predicted octanol–water partition coefficient (Wildman–Crippen LogP) is 2.13. The van der Waals surface area contributed by atoms with Crippen LogP contribution in [0.5, 0.6) is 0 Å². The highest BCUT2D eigenvalue weighted by Crippen LogP contribution is 2.39. The molecule has 0 bridgehead atoms. The van der Waals surface area contributed by atoms with E-state index in [1.807, 2.05) is 38.7 Å². The summed E-state index contributed by atoms with van der Waals surface area (Å²) in [5.41, 5.74) is 1.70. The van der Waals surface area contributed by atoms with Gasteiger partial charge in [0.05, 0.1) is 34.7 Å². The summed E-state index contributed by atoms with van der Waals surface area (Å²) in [4.78, 5) is 18.8. The first-order valence-corrected chi connectivity index (χ1v) is 8.90. The highest BCUT2D eigenvalue weighted by molar-refractivity contribution is 6.54. The van der Waals surface area contributed by atoms with Crippen LogP contribution in [0.15, 0.2) is 36.3 Å². The third-order valence-electron chi connectivity index (χ3n) is 5.64. The molecule has 0 unspecified atom stereocenters. The first kappa shape index (κ1) is 17.2. The van der Waals surface area contributed by atoms with Crippen LogP contribution in [0, 0.1) is 0 Å². The summed E-state index contributed by atoms with van der Waals surface area (Å²) in [5.74, 6) is -0.0304. The molecule has 0 aromatic carbocycles. The normalized spacial score (nSPS) is 21.9. The van der Waals surface area contributed by atoms with Gasteiger partial charge in [0.1, 0.15) is 0 Å². The first-order valence-electron chi connectivity index (χ1n) is 8.90. The van der Waals surface area contributed by atoms with Gasteiger partial charge in [0.2, 0.25) is 0 Å². The molecule has 4 rings (SSSR count). The summed E-state index contributed by atoms with van der Waals surface area (Å²) in [6, 6.07) is 0. The quantitative estimate of drug-likeness (QED) is 0.773. The van der Waals surface area contributed by atoms with E-state index in [1.54, 1.807) is 29.3 Å². The van der Waals surface area contributed by atoms with Crippen LogP contribution in [-0.4, -0.2) is 56.8 Å². The van der Waals surface area contributed by atoms with Gasteiger partial charge in [0.25, 0.3) is 5.91 Å². The fraction of sp³-hybridized carbons (Fsp3) is 0.500. The van der Waals surface area contributed by atoms with E-state index in [9.17, 15) is 4.79 Å². The van der Waals surface area contributed by atoms with E-state index in [2.05, 4.69) is 10.1 Å². The number of rotatable bonds is 2. The van der Waals surface area contributed by atoms with E-state index in [0.717, 1.165) is 17.4 Å². The molecule has 2 aromatic heterocycles. The standard InChI is InChI=1S/C18H23BN4O3/c1-17(2)18(3,4)26-19(25-17)13-5-8-22(9-6-13)16(24)14-11-21-23-10-7-20-12-15(14)23/h5,7,10-12H,6,8-9H2,1-4H3. The van der Waals surface area contributed by atoms with Crippen LogP contribution in [0.2, 0.25) is 0 Å². The molecule has 136 valence electrons. The summed E-state index contributed by atoms with van der Waals surface area (Å²) >= 11 is 0. The maximum absolute atomic E-state index is 12.9. The van der Waals surface area contributed by atoms with E-state index < -0.39 is 0 Å². The molecule has 0 saturated carbocycles. The number of carbonyl (C=O) groups excluding carboxylic acids is 1. The lowest BCUT2D eigenvalue weighted by Crippen LogP contribution is -2.41. The van der Waals surface area contributed by atoms with Gasteiger partial charge in [-0.25, -0.2) is 4.52 Å². The molecule has 2 aliphatic rings. The number of aromatic nitrogens is 3. The van der Waals surface area contributed by atoms with Gasteiger partial charge >= 0.3 is 7.12 Å². The lowest BCUT2D eigenvalue weighted by Gasteiger charge is -2.32. The van der Waals surface area contributed by atoms with Crippen molar-refractivity contribution >= 4 is 18.5 Å². The third kappa shape index (κ3) is 2.73. The van der Waals surface area contributed by atoms with Crippen molar-refractivity contribution < 1.29 is 14.1 Å². The Kier molecular flexibility index (Phi) is 3.93. The van der Waals surface area contributed by atoms with E-state index in [1.165, 1.54) is 0 Å². The zero-order valence-corrected chi connectivity index (χ0v) is 15.6. The summed E-state index contributed by atoms with van der Waals surface area (Å²) in [6.45, 7) is 9.36. The van der Waals surface area contributed by atoms with Crippen molar-refractivity contribution in [3.05, 3.63) is 41.9 Å². The van der Waals surface area contributed by atoms with Gasteiger partial charge in [0.15, 0.2) is 0 Å². The minimum absolute atomic E-state index is 0.0304. The van der Waals surface area contributed by atoms with E-state index in [0.29, 0.717) is 18.7 Å². The van der Waals surface area contributed by atoms with Crippen LogP contribution >= 0.6 is 0 Å². The topological polar surface area (TPSA) is 69.0 Å². The second kappa shape index (κ2) is 5.92. The molecule has 0 radical (unpaired) electrons. The van der Waals surface area contributed by atoms with Gasteiger partial charge in [0, 0.05) is 25.5 Å². The van der Waals surface area contributed by atoms with Crippen molar-refractivity contribution in [3.8, 4) is 0 Å². The lowest BCUT2D eigenvalue weighted by molar-refractivity contribution is 0.00578. The van der Waals surface area contributed by atoms with Crippen LogP contribution < -0.4 is 0 Å². The molecule has 1 saturated heterocycles. The molecular weight excluding hydrogens is 331 g/mol. The third-order valence-corrected chi connectivity index (χ3v) is 5.64. The van der Waals surface area contributed by atoms with Crippen molar-refractivity contribution in [2.24, 2.45) is 0 Å². The Morgan fingerprint density at radius 2 is 1.92 bits per heavy atom. The average Bonchev–Trinajstić information content (AvgIpc) is 3.13. The molecule has 7 nitrogen and oxygen atoms in total. The molecule has 1 amide bonds. The number of hydrogen-bond donors (Lipinski definition) is 0. The zero-order valence-electron chi connectivity index (χ0n) is 15.6. The Hall–Kier alpha value is -2.19. The molecular formula is C18H23BN4O3. The van der Waals surface area contributed by atoms with Gasteiger partial charge in [-0.2, -0.15) is 5.10 Å². The minimum Gasteiger partial charge on any atom is -0.400 e. The van der Waals surface area contributed by atoms with Crippen LogP contribution in [0.3, 0.4) is 0 Å². The molecule has 1 fully saturated rings. The largest absolute Gasteiger partial charge is 0.490 e. The minimum atomic E-state index is -0.352. The van der Waals surface area contributed by atoms with Crippen LogP contribution in [0.4, 0.5) is 0 Å². The second-order valence-electron chi connectivity index (χ2n) is 7.83. The highest BCUT2D eigenvalue weighted by atomic mass is 16.7. The smallest absolute Gasteiger partial charge is 0.400 e. The summed E-state index contributed by atoms with van der Waals surface area (Å²) in [6.07, 6.45) is 9.43. The molecule has 0 aliphatic carbocycles. The first-order chi connectivity index (χ1) is 12.3. The maximum Gasteiger partial charge on any atom is 0.490 e. The molecule has 4 heterocycles. The Balaban J connectivity index is 1.49. The van der Waals surface area contributed by atoms with Crippen molar-refractivity contribution in [2.45, 2.75) is 45.3 Å². The maximum atomic E-state index is 12.9. The summed E-state index contributed by atoms with van der Waals surface area (Å²) < 4.78 is 13.9. The molecule has 0 N–H and O–H groups in total. The Labute approximate surface area is 153 Å². The SMILES string of the molecule is CC1(C)OB(C2=CCN(C(=O)c3cnn4ccncc34)CC2)OC1(C)C. The molecule has 2 aliphatic heterocycles. The van der Waals surface area contributed by atoms with Crippen molar-refractivity contribution in [3.63, 3.8) is 0 Å². The number of amides is 1. The molecule has 0 atom stereocenters. The van der Waals surface area contributed by atoms with Crippen LogP contribution in [0.25, 0.3) is 5.52 Å². The van der Waals surface area contributed by atoms with Gasteiger partial charge < -0.3 is 14.2 Å². The Morgan fingerprint density at radius 1 is 1.19 bits per heavy atom. The number of nitrogens with zero attached hydrogens (tertiary/aromatic N) is 4.